The minimum Gasteiger partial charge on any atom is -0.492 e. The van der Waals surface area contributed by atoms with Gasteiger partial charge in [-0.25, -0.2) is 4.39 Å². The Balaban J connectivity index is 1.20. The Labute approximate surface area is 181 Å². The predicted octanol–water partition coefficient (Wildman–Crippen LogP) is 3.69. The molecule has 1 aromatic heterocycles. The average molecular weight is 420 g/mol. The molecule has 0 spiro atoms. The van der Waals surface area contributed by atoms with Crippen molar-refractivity contribution in [3.8, 4) is 17.0 Å². The maximum absolute atomic E-state index is 12.9. The number of nitrogens with zero attached hydrogens (tertiary/aromatic N) is 3. The van der Waals surface area contributed by atoms with Gasteiger partial charge in [0, 0.05) is 24.6 Å². The van der Waals surface area contributed by atoms with Crippen LogP contribution in [-0.2, 0) is 4.79 Å². The number of ether oxygens (including phenoxy) is 1. The van der Waals surface area contributed by atoms with Gasteiger partial charge in [0.1, 0.15) is 18.2 Å². The van der Waals surface area contributed by atoms with E-state index in [2.05, 4.69) is 20.4 Å². The number of hydrogen-bond acceptors (Lipinski definition) is 5. The van der Waals surface area contributed by atoms with E-state index in [1.165, 1.54) is 12.1 Å². The van der Waals surface area contributed by atoms with Crippen molar-refractivity contribution >= 4 is 11.7 Å². The third-order valence-electron chi connectivity index (χ3n) is 5.39. The van der Waals surface area contributed by atoms with Gasteiger partial charge in [-0.3, -0.25) is 4.79 Å². The molecule has 1 N–H and O–H groups in total. The molecule has 2 heterocycles. The third-order valence-corrected chi connectivity index (χ3v) is 5.39. The van der Waals surface area contributed by atoms with Crippen LogP contribution in [0.4, 0.5) is 10.2 Å². The summed E-state index contributed by atoms with van der Waals surface area (Å²) in [4.78, 5) is 14.6. The van der Waals surface area contributed by atoms with Crippen molar-refractivity contribution in [3.05, 3.63) is 72.5 Å². The summed E-state index contributed by atoms with van der Waals surface area (Å²) in [6.07, 6.45) is 1.54. The smallest absolute Gasteiger partial charge is 0.223 e. The number of carbonyl (C=O) groups is 1. The zero-order valence-corrected chi connectivity index (χ0v) is 17.2. The largest absolute Gasteiger partial charge is 0.492 e. The number of anilines is 1. The van der Waals surface area contributed by atoms with E-state index >= 15 is 0 Å². The Morgan fingerprint density at radius 2 is 1.74 bits per heavy atom. The van der Waals surface area contributed by atoms with Gasteiger partial charge < -0.3 is 15.0 Å². The van der Waals surface area contributed by atoms with Crippen molar-refractivity contribution in [2.75, 3.05) is 31.1 Å². The van der Waals surface area contributed by atoms with Crippen molar-refractivity contribution in [1.82, 2.24) is 15.5 Å². The van der Waals surface area contributed by atoms with Gasteiger partial charge in [-0.1, -0.05) is 30.3 Å². The fourth-order valence-electron chi connectivity index (χ4n) is 3.65. The van der Waals surface area contributed by atoms with Crippen LogP contribution >= 0.6 is 0 Å². The van der Waals surface area contributed by atoms with Gasteiger partial charge >= 0.3 is 0 Å². The molecule has 0 aliphatic carbocycles. The molecule has 1 aliphatic heterocycles. The first-order valence-electron chi connectivity index (χ1n) is 10.5. The van der Waals surface area contributed by atoms with E-state index in [0.29, 0.717) is 18.9 Å². The summed E-state index contributed by atoms with van der Waals surface area (Å²) in [5, 5.41) is 11.7. The summed E-state index contributed by atoms with van der Waals surface area (Å²) >= 11 is 0. The number of nitrogens with one attached hydrogen (secondary N) is 1. The van der Waals surface area contributed by atoms with Gasteiger partial charge in [-0.15, -0.1) is 10.2 Å². The lowest BCUT2D eigenvalue weighted by atomic mass is 9.96. The van der Waals surface area contributed by atoms with Crippen LogP contribution in [0, 0.1) is 11.7 Å². The third kappa shape index (κ3) is 5.57. The highest BCUT2D eigenvalue weighted by atomic mass is 19.1. The molecule has 2 aromatic carbocycles. The lowest BCUT2D eigenvalue weighted by Crippen LogP contribution is -2.41. The van der Waals surface area contributed by atoms with Crippen LogP contribution in [0.1, 0.15) is 12.8 Å². The number of halogens is 1. The zero-order valence-electron chi connectivity index (χ0n) is 17.2. The van der Waals surface area contributed by atoms with Gasteiger partial charge in [0.2, 0.25) is 5.91 Å². The monoisotopic (exact) mass is 420 g/mol. The van der Waals surface area contributed by atoms with Gasteiger partial charge in [-0.05, 0) is 49.2 Å². The van der Waals surface area contributed by atoms with E-state index in [4.69, 9.17) is 4.74 Å². The highest BCUT2D eigenvalue weighted by molar-refractivity contribution is 5.79. The molecule has 0 unspecified atom stereocenters. The van der Waals surface area contributed by atoms with Crippen LogP contribution in [-0.4, -0.2) is 42.3 Å². The topological polar surface area (TPSA) is 67.3 Å². The number of amides is 1. The molecule has 1 aliphatic rings. The Morgan fingerprint density at radius 1 is 1.00 bits per heavy atom. The summed E-state index contributed by atoms with van der Waals surface area (Å²) in [5.41, 5.74) is 1.89. The Kier molecular flexibility index (Phi) is 6.72. The zero-order chi connectivity index (χ0) is 21.5. The second-order valence-electron chi connectivity index (χ2n) is 7.50. The molecule has 0 radical (unpaired) electrons. The summed E-state index contributed by atoms with van der Waals surface area (Å²) in [6, 6.07) is 19.8. The molecule has 0 bridgehead atoms. The molecule has 0 atom stereocenters. The summed E-state index contributed by atoms with van der Waals surface area (Å²) < 4.78 is 18.4. The minimum absolute atomic E-state index is 0.0152. The molecule has 6 nitrogen and oxygen atoms in total. The molecule has 1 amide bonds. The van der Waals surface area contributed by atoms with Crippen LogP contribution in [0.2, 0.25) is 0 Å². The molecular weight excluding hydrogens is 395 g/mol. The van der Waals surface area contributed by atoms with Gasteiger partial charge in [0.05, 0.1) is 12.2 Å². The maximum atomic E-state index is 12.9. The molecule has 0 saturated carbocycles. The normalized spacial score (nSPS) is 14.3. The second kappa shape index (κ2) is 10.0. The highest BCUT2D eigenvalue weighted by Gasteiger charge is 2.25. The number of piperidine rings is 1. The second-order valence-corrected chi connectivity index (χ2v) is 7.50. The van der Waals surface area contributed by atoms with Gasteiger partial charge in [0.15, 0.2) is 5.82 Å². The maximum Gasteiger partial charge on any atom is 0.223 e. The van der Waals surface area contributed by atoms with E-state index in [-0.39, 0.29) is 17.6 Å². The van der Waals surface area contributed by atoms with Gasteiger partial charge in [-0.2, -0.15) is 0 Å². The quantitative estimate of drug-likeness (QED) is 0.591. The molecule has 31 heavy (non-hydrogen) atoms. The fourth-order valence-corrected chi connectivity index (χ4v) is 3.65. The summed E-state index contributed by atoms with van der Waals surface area (Å²) in [5.74, 6) is 1.16. The summed E-state index contributed by atoms with van der Waals surface area (Å²) in [6.45, 7) is 2.30. The Bertz CT molecular complexity index is 973. The molecule has 1 fully saturated rings. The number of hydrogen-bond donors (Lipinski definition) is 1. The number of benzene rings is 2. The lowest BCUT2D eigenvalue weighted by Gasteiger charge is -2.31. The van der Waals surface area contributed by atoms with Crippen molar-refractivity contribution in [2.45, 2.75) is 12.8 Å². The van der Waals surface area contributed by atoms with Crippen LogP contribution < -0.4 is 15.0 Å². The average Bonchev–Trinajstić information content (AvgIpc) is 2.83. The van der Waals surface area contributed by atoms with Crippen LogP contribution in [0.15, 0.2) is 66.7 Å². The minimum atomic E-state index is -0.301. The van der Waals surface area contributed by atoms with E-state index in [1.54, 1.807) is 12.1 Å². The fraction of sp³-hybridized carbons (Fsp3) is 0.292. The molecule has 3 aromatic rings. The molecular formula is C24H25FN4O2. The Hall–Kier alpha value is -3.48. The molecule has 4 rings (SSSR count). The first kappa shape index (κ1) is 20.8. The van der Waals surface area contributed by atoms with E-state index < -0.39 is 0 Å². The predicted molar refractivity (Wildman–Crippen MR) is 117 cm³/mol. The van der Waals surface area contributed by atoms with Crippen LogP contribution in [0.3, 0.4) is 0 Å². The van der Waals surface area contributed by atoms with Crippen molar-refractivity contribution in [1.29, 1.82) is 0 Å². The number of carbonyl (C=O) groups excluding carboxylic acids is 1. The van der Waals surface area contributed by atoms with Crippen LogP contribution in [0.5, 0.6) is 5.75 Å². The van der Waals surface area contributed by atoms with Crippen molar-refractivity contribution < 1.29 is 13.9 Å². The van der Waals surface area contributed by atoms with E-state index in [9.17, 15) is 9.18 Å². The lowest BCUT2D eigenvalue weighted by molar-refractivity contribution is -0.125. The van der Waals surface area contributed by atoms with Crippen molar-refractivity contribution in [2.24, 2.45) is 5.92 Å². The highest BCUT2D eigenvalue weighted by Crippen LogP contribution is 2.23. The van der Waals surface area contributed by atoms with E-state index in [1.807, 2.05) is 42.5 Å². The number of aromatic nitrogens is 2. The molecule has 160 valence electrons. The van der Waals surface area contributed by atoms with Crippen LogP contribution in [0.25, 0.3) is 11.3 Å². The molecule has 7 heteroatoms. The summed E-state index contributed by atoms with van der Waals surface area (Å²) in [7, 11) is 0. The standard InChI is InChI=1S/C24H25FN4O2/c25-20-6-8-21(9-7-20)31-17-14-26-24(30)19-12-15-29(16-13-19)23-11-10-22(27-28-23)18-4-2-1-3-5-18/h1-11,19H,12-17H2,(H,26,30). The Morgan fingerprint density at radius 3 is 2.42 bits per heavy atom. The van der Waals surface area contributed by atoms with Gasteiger partial charge in [0.25, 0.3) is 0 Å². The van der Waals surface area contributed by atoms with Crippen molar-refractivity contribution in [3.63, 3.8) is 0 Å². The number of rotatable bonds is 7. The first-order valence-corrected chi connectivity index (χ1v) is 10.5. The molecule has 1 saturated heterocycles. The first-order chi connectivity index (χ1) is 15.2. The SMILES string of the molecule is O=C(NCCOc1ccc(F)cc1)C1CCN(c2ccc(-c3ccccc3)nn2)CC1. The van der Waals surface area contributed by atoms with E-state index in [0.717, 1.165) is 43.0 Å².